The van der Waals surface area contributed by atoms with E-state index in [9.17, 15) is 14.7 Å². The highest BCUT2D eigenvalue weighted by Crippen LogP contribution is 2.20. The van der Waals surface area contributed by atoms with Crippen molar-refractivity contribution in [1.82, 2.24) is 0 Å². The number of aromatic hydroxyl groups is 1. The summed E-state index contributed by atoms with van der Waals surface area (Å²) in [5, 5.41) is 9.31. The van der Waals surface area contributed by atoms with Crippen molar-refractivity contribution in [2.75, 3.05) is 0 Å². The van der Waals surface area contributed by atoms with Gasteiger partial charge in [0.15, 0.2) is 12.1 Å². The van der Waals surface area contributed by atoms with E-state index >= 15 is 0 Å². The van der Waals surface area contributed by atoms with E-state index in [1.807, 2.05) is 0 Å². The van der Waals surface area contributed by atoms with E-state index < -0.39 is 0 Å². The molecule has 0 unspecified atom stereocenters. The molecule has 0 amide bonds. The number of benzene rings is 1. The largest absolute Gasteiger partial charge is 0.507 e. The van der Waals surface area contributed by atoms with Gasteiger partial charge in [0, 0.05) is 5.56 Å². The number of aldehydes is 1. The Balaban J connectivity index is 3.34. The number of phenols is 1. The van der Waals surface area contributed by atoms with E-state index in [1.54, 1.807) is 6.92 Å². The Labute approximate surface area is 81.7 Å². The number of carbonyl (C=O) groups excluding carboxylic acids is 2. The van der Waals surface area contributed by atoms with Crippen LogP contribution in [0.15, 0.2) is 30.4 Å². The number of rotatable bonds is 3. The lowest BCUT2D eigenvalue weighted by Gasteiger charge is -2.04. The van der Waals surface area contributed by atoms with Gasteiger partial charge < -0.3 is 5.11 Å². The quantitative estimate of drug-likeness (QED) is 0.450. The molecule has 0 atom stereocenters. The Bertz CT molecular complexity index is 405. The van der Waals surface area contributed by atoms with Crippen LogP contribution in [0.1, 0.15) is 27.6 Å². The van der Waals surface area contributed by atoms with Gasteiger partial charge >= 0.3 is 0 Å². The van der Waals surface area contributed by atoms with E-state index in [4.69, 9.17) is 0 Å². The average Bonchev–Trinajstić information content (AvgIpc) is 2.16. The van der Waals surface area contributed by atoms with Crippen LogP contribution in [0.2, 0.25) is 0 Å². The predicted octanol–water partition coefficient (Wildman–Crippen LogP) is 1.96. The molecule has 0 aliphatic heterocycles. The van der Waals surface area contributed by atoms with Crippen LogP contribution in [0.25, 0.3) is 0 Å². The zero-order valence-corrected chi connectivity index (χ0v) is 7.78. The number of allylic oxidation sites excluding steroid dienone is 1. The van der Waals surface area contributed by atoms with Crippen molar-refractivity contribution in [3.63, 3.8) is 0 Å². The fraction of sp³-hybridized carbons (Fsp3) is 0.0909. The second-order valence-corrected chi connectivity index (χ2v) is 2.97. The fourth-order valence-electron chi connectivity index (χ4n) is 1.10. The van der Waals surface area contributed by atoms with Gasteiger partial charge in [-0.1, -0.05) is 18.7 Å². The van der Waals surface area contributed by atoms with Crippen LogP contribution in [0.5, 0.6) is 5.75 Å². The Hall–Kier alpha value is -1.90. The summed E-state index contributed by atoms with van der Waals surface area (Å²) in [5.41, 5.74) is 0.534. The van der Waals surface area contributed by atoms with Gasteiger partial charge in [-0.15, -0.1) is 0 Å². The van der Waals surface area contributed by atoms with Crippen molar-refractivity contribution in [1.29, 1.82) is 0 Å². The lowest BCUT2D eigenvalue weighted by molar-refractivity contribution is 0.102. The number of Topliss-reactive ketones (excluding diaryl/α,β-unsaturated/α-hetero) is 1. The summed E-state index contributed by atoms with van der Waals surface area (Å²) in [6.07, 6.45) is 0.464. The number of carbonyl (C=O) groups is 2. The second-order valence-electron chi connectivity index (χ2n) is 2.97. The summed E-state index contributed by atoms with van der Waals surface area (Å²) in [6, 6.07) is 4.36. The number of hydrogen-bond donors (Lipinski definition) is 1. The molecule has 1 rings (SSSR count). The highest BCUT2D eigenvalue weighted by Gasteiger charge is 2.13. The van der Waals surface area contributed by atoms with Crippen molar-refractivity contribution in [3.8, 4) is 5.75 Å². The van der Waals surface area contributed by atoms with Crippen LogP contribution in [0.4, 0.5) is 0 Å². The lowest BCUT2D eigenvalue weighted by atomic mass is 10.00. The molecule has 0 radical (unpaired) electrons. The molecule has 1 N–H and O–H groups in total. The zero-order chi connectivity index (χ0) is 10.7. The standard InChI is InChI=1S/C11H10O3/c1-7(2)11(14)8-4-3-5-10(13)9(8)6-12/h3-6,13H,1H2,2H3. The van der Waals surface area contributed by atoms with E-state index in [0.29, 0.717) is 11.9 Å². The highest BCUT2D eigenvalue weighted by atomic mass is 16.3. The first-order chi connectivity index (χ1) is 6.57. The smallest absolute Gasteiger partial charge is 0.188 e. The first-order valence-electron chi connectivity index (χ1n) is 4.05. The monoisotopic (exact) mass is 190 g/mol. The van der Waals surface area contributed by atoms with Gasteiger partial charge in [0.2, 0.25) is 0 Å². The molecule has 3 heteroatoms. The molecule has 1 aromatic carbocycles. The minimum Gasteiger partial charge on any atom is -0.507 e. The third-order valence-corrected chi connectivity index (χ3v) is 1.83. The molecule has 0 bridgehead atoms. The maximum Gasteiger partial charge on any atom is 0.188 e. The van der Waals surface area contributed by atoms with Gasteiger partial charge in [0.25, 0.3) is 0 Å². The molecule has 0 aliphatic rings. The summed E-state index contributed by atoms with van der Waals surface area (Å²) < 4.78 is 0. The van der Waals surface area contributed by atoms with Crippen LogP contribution in [-0.4, -0.2) is 17.2 Å². The van der Waals surface area contributed by atoms with Crippen LogP contribution < -0.4 is 0 Å². The summed E-state index contributed by atoms with van der Waals surface area (Å²) in [5.74, 6) is -0.518. The SMILES string of the molecule is C=C(C)C(=O)c1cccc(O)c1C=O. The van der Waals surface area contributed by atoms with Gasteiger partial charge in [0.05, 0.1) is 5.56 Å². The second kappa shape index (κ2) is 3.87. The zero-order valence-electron chi connectivity index (χ0n) is 7.78. The van der Waals surface area contributed by atoms with E-state index in [-0.39, 0.29) is 22.7 Å². The molecule has 0 saturated heterocycles. The van der Waals surface area contributed by atoms with E-state index in [1.165, 1.54) is 18.2 Å². The van der Waals surface area contributed by atoms with E-state index in [0.717, 1.165) is 0 Å². The predicted molar refractivity (Wildman–Crippen MR) is 52.6 cm³/mol. The summed E-state index contributed by atoms with van der Waals surface area (Å²) in [4.78, 5) is 22.1. The van der Waals surface area contributed by atoms with Crippen molar-refractivity contribution < 1.29 is 14.7 Å². The van der Waals surface area contributed by atoms with Crippen LogP contribution in [-0.2, 0) is 0 Å². The topological polar surface area (TPSA) is 54.4 Å². The molecule has 0 spiro atoms. The molecular formula is C11H10O3. The van der Waals surface area contributed by atoms with Crippen molar-refractivity contribution in [2.24, 2.45) is 0 Å². The van der Waals surface area contributed by atoms with Gasteiger partial charge in [-0.05, 0) is 18.6 Å². The van der Waals surface area contributed by atoms with Crippen LogP contribution in [0, 0.1) is 0 Å². The van der Waals surface area contributed by atoms with Gasteiger partial charge in [-0.3, -0.25) is 9.59 Å². The van der Waals surface area contributed by atoms with Gasteiger partial charge in [-0.25, -0.2) is 0 Å². The number of hydrogen-bond acceptors (Lipinski definition) is 3. The molecule has 0 aliphatic carbocycles. The first-order valence-corrected chi connectivity index (χ1v) is 4.05. The third-order valence-electron chi connectivity index (χ3n) is 1.83. The maximum absolute atomic E-state index is 11.5. The third kappa shape index (κ3) is 1.71. The molecular weight excluding hydrogens is 180 g/mol. The maximum atomic E-state index is 11.5. The number of phenolic OH excluding ortho intramolecular Hbond substituents is 1. The van der Waals surface area contributed by atoms with Crippen LogP contribution in [0.3, 0.4) is 0 Å². The Morgan fingerprint density at radius 1 is 1.50 bits per heavy atom. The molecule has 3 nitrogen and oxygen atoms in total. The number of ketones is 1. The van der Waals surface area contributed by atoms with E-state index in [2.05, 4.69) is 6.58 Å². The van der Waals surface area contributed by atoms with Gasteiger partial charge in [-0.2, -0.15) is 0 Å². The summed E-state index contributed by atoms with van der Waals surface area (Å²) >= 11 is 0. The Morgan fingerprint density at radius 3 is 2.64 bits per heavy atom. The molecule has 0 heterocycles. The highest BCUT2D eigenvalue weighted by molar-refractivity contribution is 6.12. The first kappa shape index (κ1) is 10.2. The molecule has 0 aromatic heterocycles. The minimum absolute atomic E-state index is 0.0144. The van der Waals surface area contributed by atoms with Gasteiger partial charge in [0.1, 0.15) is 5.75 Å². The van der Waals surface area contributed by atoms with Crippen LogP contribution >= 0.6 is 0 Å². The average molecular weight is 190 g/mol. The minimum atomic E-state index is -0.331. The molecule has 1 aromatic rings. The Kier molecular flexibility index (Phi) is 2.82. The Morgan fingerprint density at radius 2 is 2.14 bits per heavy atom. The molecule has 0 fully saturated rings. The van der Waals surface area contributed by atoms with Crippen molar-refractivity contribution in [2.45, 2.75) is 6.92 Å². The molecule has 14 heavy (non-hydrogen) atoms. The fourth-order valence-corrected chi connectivity index (χ4v) is 1.10. The molecule has 0 saturated carbocycles. The molecule has 72 valence electrons. The summed E-state index contributed by atoms with van der Waals surface area (Å²) in [6.45, 7) is 5.05. The normalized spacial score (nSPS) is 9.50. The van der Waals surface area contributed by atoms with Crippen molar-refractivity contribution in [3.05, 3.63) is 41.5 Å². The van der Waals surface area contributed by atoms with Crippen molar-refractivity contribution >= 4 is 12.1 Å². The lowest BCUT2D eigenvalue weighted by Crippen LogP contribution is -2.03. The summed E-state index contributed by atoms with van der Waals surface area (Å²) in [7, 11) is 0.